The van der Waals surface area contributed by atoms with E-state index in [0.29, 0.717) is 23.9 Å². The third-order valence-corrected chi connectivity index (χ3v) is 4.63. The van der Waals surface area contributed by atoms with E-state index in [-0.39, 0.29) is 23.8 Å². The molecule has 0 aromatic heterocycles. The van der Waals surface area contributed by atoms with E-state index in [4.69, 9.17) is 5.11 Å². The summed E-state index contributed by atoms with van der Waals surface area (Å²) in [4.78, 5) is 41.1. The minimum atomic E-state index is -1.02. The smallest absolute Gasteiger partial charge is 0.335 e. The number of carbonyl (C=O) groups excluding carboxylic acids is 2. The van der Waals surface area contributed by atoms with E-state index >= 15 is 0 Å². The zero-order valence-corrected chi connectivity index (χ0v) is 14.3. The zero-order valence-electron chi connectivity index (χ0n) is 13.5. The first-order valence-electron chi connectivity index (χ1n) is 7.62. The van der Waals surface area contributed by atoms with Crippen LogP contribution in [0.25, 0.3) is 0 Å². The summed E-state index contributed by atoms with van der Waals surface area (Å²) in [6.07, 6.45) is 0.0451. The van der Waals surface area contributed by atoms with Crippen LogP contribution >= 0.6 is 11.8 Å². The number of thioether (sulfide) groups is 1. The van der Waals surface area contributed by atoms with E-state index in [1.54, 1.807) is 4.90 Å². The largest absolute Gasteiger partial charge is 0.478 e. The second kappa shape index (κ2) is 7.96. The highest BCUT2D eigenvalue weighted by Gasteiger charge is 2.37. The molecule has 0 aliphatic carbocycles. The monoisotopic (exact) mass is 349 g/mol. The van der Waals surface area contributed by atoms with Gasteiger partial charge >= 0.3 is 5.97 Å². The number of anilines is 1. The number of nitrogens with zero attached hydrogens (tertiary/aromatic N) is 2. The van der Waals surface area contributed by atoms with Gasteiger partial charge in [0.05, 0.1) is 5.56 Å². The van der Waals surface area contributed by atoms with E-state index in [2.05, 4.69) is 10.3 Å². The molecule has 1 saturated heterocycles. The Morgan fingerprint density at radius 1 is 1.29 bits per heavy atom. The maximum absolute atomic E-state index is 12.3. The maximum Gasteiger partial charge on any atom is 0.335 e. The first kappa shape index (κ1) is 18.0. The number of amides is 2. The number of aromatic carboxylic acids is 1. The summed E-state index contributed by atoms with van der Waals surface area (Å²) < 4.78 is 0. The number of aliphatic imine (C=N–C) groups is 1. The molecule has 0 radical (unpaired) electrons. The van der Waals surface area contributed by atoms with Gasteiger partial charge in [-0.2, -0.15) is 0 Å². The summed E-state index contributed by atoms with van der Waals surface area (Å²) in [5.41, 5.74) is 0.642. The van der Waals surface area contributed by atoms with Crippen LogP contribution in [0.5, 0.6) is 0 Å². The second-order valence-electron chi connectivity index (χ2n) is 5.08. The molecule has 1 atom stereocenters. The maximum atomic E-state index is 12.3. The highest BCUT2D eigenvalue weighted by Crippen LogP contribution is 2.29. The SMILES string of the molecule is CCN=C1S[C@H](CC(=O)Nc2ccc(C(=O)O)cc2)C(=O)N1CC. The molecule has 1 aliphatic rings. The van der Waals surface area contributed by atoms with Crippen LogP contribution < -0.4 is 5.32 Å². The molecule has 0 unspecified atom stereocenters. The molecule has 7 nitrogen and oxygen atoms in total. The number of carbonyl (C=O) groups is 3. The van der Waals surface area contributed by atoms with Crippen molar-refractivity contribution in [3.63, 3.8) is 0 Å². The van der Waals surface area contributed by atoms with Gasteiger partial charge in [0.2, 0.25) is 11.8 Å². The standard InChI is InChI=1S/C16H19N3O4S/c1-3-17-16-19(4-2)14(21)12(24-16)9-13(20)18-11-7-5-10(6-8-11)15(22)23/h5-8,12H,3-4,9H2,1-2H3,(H,18,20)(H,22,23)/t12-/m1/s1. The van der Waals surface area contributed by atoms with E-state index in [1.807, 2.05) is 13.8 Å². The molecule has 0 saturated carbocycles. The van der Waals surface area contributed by atoms with Crippen LogP contribution in [0, 0.1) is 0 Å². The van der Waals surface area contributed by atoms with Gasteiger partial charge in [-0.05, 0) is 38.1 Å². The topological polar surface area (TPSA) is 99.1 Å². The van der Waals surface area contributed by atoms with Crippen LogP contribution in [0.2, 0.25) is 0 Å². The van der Waals surface area contributed by atoms with Gasteiger partial charge in [-0.15, -0.1) is 0 Å². The number of carboxylic acid groups (broad SMARTS) is 1. The van der Waals surface area contributed by atoms with E-state index < -0.39 is 11.2 Å². The average Bonchev–Trinajstić information content (AvgIpc) is 2.83. The molecular formula is C16H19N3O4S. The molecule has 0 spiro atoms. The molecule has 8 heteroatoms. The molecule has 2 amide bonds. The Bertz CT molecular complexity index is 672. The Hall–Kier alpha value is -2.35. The van der Waals surface area contributed by atoms with Crippen molar-refractivity contribution in [3.05, 3.63) is 29.8 Å². The predicted octanol–water partition coefficient (Wildman–Crippen LogP) is 2.05. The quantitative estimate of drug-likeness (QED) is 0.819. The van der Waals surface area contributed by atoms with Crippen LogP contribution in [0.1, 0.15) is 30.6 Å². The van der Waals surface area contributed by atoms with Crippen molar-refractivity contribution < 1.29 is 19.5 Å². The highest BCUT2D eigenvalue weighted by atomic mass is 32.2. The van der Waals surface area contributed by atoms with Crippen LogP contribution in [-0.2, 0) is 9.59 Å². The zero-order chi connectivity index (χ0) is 17.7. The van der Waals surface area contributed by atoms with Gasteiger partial charge in [-0.1, -0.05) is 11.8 Å². The molecule has 24 heavy (non-hydrogen) atoms. The first-order valence-corrected chi connectivity index (χ1v) is 8.49. The lowest BCUT2D eigenvalue weighted by molar-refractivity contribution is -0.128. The molecule has 2 rings (SSSR count). The fraction of sp³-hybridized carbons (Fsp3) is 0.375. The number of hydrogen-bond donors (Lipinski definition) is 2. The number of rotatable bonds is 6. The Balaban J connectivity index is 1.98. The molecule has 1 heterocycles. The lowest BCUT2D eigenvalue weighted by atomic mass is 10.2. The van der Waals surface area contributed by atoms with Crippen molar-refractivity contribution in [3.8, 4) is 0 Å². The fourth-order valence-electron chi connectivity index (χ4n) is 2.26. The van der Waals surface area contributed by atoms with Crippen LogP contribution in [0.4, 0.5) is 5.69 Å². The third kappa shape index (κ3) is 4.14. The van der Waals surface area contributed by atoms with E-state index in [9.17, 15) is 14.4 Å². The Morgan fingerprint density at radius 2 is 1.96 bits per heavy atom. The third-order valence-electron chi connectivity index (χ3n) is 3.42. The fourth-order valence-corrected chi connectivity index (χ4v) is 3.53. The van der Waals surface area contributed by atoms with Crippen LogP contribution in [0.3, 0.4) is 0 Å². The lowest BCUT2D eigenvalue weighted by Gasteiger charge is -2.13. The molecule has 1 aromatic rings. The summed E-state index contributed by atoms with van der Waals surface area (Å²) in [5.74, 6) is -1.42. The van der Waals surface area contributed by atoms with Crippen molar-refractivity contribution in [1.82, 2.24) is 4.90 Å². The van der Waals surface area contributed by atoms with Gasteiger partial charge in [0.25, 0.3) is 0 Å². The molecule has 1 aliphatic heterocycles. The Kier molecular flexibility index (Phi) is 5.97. The Morgan fingerprint density at radius 3 is 2.50 bits per heavy atom. The summed E-state index contributed by atoms with van der Waals surface area (Å²) >= 11 is 1.31. The minimum absolute atomic E-state index is 0.0451. The predicted molar refractivity (Wildman–Crippen MR) is 93.4 cm³/mol. The number of amidine groups is 1. The molecule has 2 N–H and O–H groups in total. The Labute approximate surface area is 144 Å². The van der Waals surface area contributed by atoms with Crippen molar-refractivity contribution in [2.45, 2.75) is 25.5 Å². The average molecular weight is 349 g/mol. The number of nitrogens with one attached hydrogen (secondary N) is 1. The van der Waals surface area contributed by atoms with Gasteiger partial charge in [0.1, 0.15) is 5.25 Å². The van der Waals surface area contributed by atoms with Crippen LogP contribution in [-0.4, -0.2) is 51.3 Å². The van der Waals surface area contributed by atoms with Gasteiger partial charge in [0.15, 0.2) is 5.17 Å². The number of hydrogen-bond acceptors (Lipinski definition) is 5. The van der Waals surface area contributed by atoms with E-state index in [0.717, 1.165) is 0 Å². The molecule has 1 aromatic carbocycles. The normalized spacial score (nSPS) is 18.9. The summed E-state index contributed by atoms with van der Waals surface area (Å²) in [5, 5.41) is 11.7. The van der Waals surface area contributed by atoms with Crippen molar-refractivity contribution in [2.24, 2.45) is 4.99 Å². The van der Waals surface area contributed by atoms with E-state index in [1.165, 1.54) is 36.0 Å². The molecular weight excluding hydrogens is 330 g/mol. The second-order valence-corrected chi connectivity index (χ2v) is 6.25. The number of carboxylic acids is 1. The highest BCUT2D eigenvalue weighted by molar-refractivity contribution is 8.15. The van der Waals surface area contributed by atoms with Crippen LogP contribution in [0.15, 0.2) is 29.3 Å². The lowest BCUT2D eigenvalue weighted by Crippen LogP contribution is -2.33. The van der Waals surface area contributed by atoms with Gasteiger partial charge in [0, 0.05) is 25.2 Å². The summed E-state index contributed by atoms with van der Waals surface area (Å²) in [6.45, 7) is 4.88. The van der Waals surface area contributed by atoms with Gasteiger partial charge in [-0.3, -0.25) is 19.5 Å². The summed E-state index contributed by atoms with van der Waals surface area (Å²) in [7, 11) is 0. The van der Waals surface area contributed by atoms with Gasteiger partial charge in [-0.25, -0.2) is 4.79 Å². The van der Waals surface area contributed by atoms with Crippen molar-refractivity contribution in [1.29, 1.82) is 0 Å². The van der Waals surface area contributed by atoms with Crippen molar-refractivity contribution in [2.75, 3.05) is 18.4 Å². The minimum Gasteiger partial charge on any atom is -0.478 e. The number of benzene rings is 1. The molecule has 1 fully saturated rings. The molecule has 128 valence electrons. The van der Waals surface area contributed by atoms with Gasteiger partial charge < -0.3 is 10.4 Å². The molecule has 0 bridgehead atoms. The summed E-state index contributed by atoms with van der Waals surface area (Å²) in [6, 6.07) is 5.87. The van der Waals surface area contributed by atoms with Crippen molar-refractivity contribution >= 4 is 40.4 Å². The first-order chi connectivity index (χ1) is 11.5.